The third-order valence-corrected chi connectivity index (χ3v) is 1.86. The molecular formula is C8H17N3O2. The van der Waals surface area contributed by atoms with Crippen molar-refractivity contribution in [2.45, 2.75) is 31.4 Å². The van der Waals surface area contributed by atoms with Gasteiger partial charge >= 0.3 is 0 Å². The average molecular weight is 187 g/mol. The molecule has 0 spiro atoms. The molecule has 0 saturated heterocycles. The molecule has 5 heteroatoms. The number of aliphatic hydroxyl groups is 2. The zero-order valence-corrected chi connectivity index (χ0v) is 7.82. The van der Waals surface area contributed by atoms with E-state index in [1.54, 1.807) is 0 Å². The molecule has 0 amide bonds. The standard InChI is InChI=1S/C8H17N3O2/c1-8(13,5-12)4-10-7(9)11-6-2-3-6/h6,12-13H,2-5H2,1H3,(H3,9,10,11). The molecule has 76 valence electrons. The van der Waals surface area contributed by atoms with Crippen molar-refractivity contribution in [2.75, 3.05) is 13.2 Å². The van der Waals surface area contributed by atoms with E-state index in [4.69, 9.17) is 10.8 Å². The topological polar surface area (TPSA) is 90.9 Å². The number of aliphatic imine (C=N–C) groups is 1. The quantitative estimate of drug-likeness (QED) is 0.328. The average Bonchev–Trinajstić information content (AvgIpc) is 2.85. The molecule has 0 aliphatic heterocycles. The van der Waals surface area contributed by atoms with E-state index in [1.807, 2.05) is 0 Å². The van der Waals surface area contributed by atoms with Gasteiger partial charge in [-0.25, -0.2) is 0 Å². The number of nitrogens with one attached hydrogen (secondary N) is 1. The van der Waals surface area contributed by atoms with Gasteiger partial charge in [-0.15, -0.1) is 0 Å². The maximum absolute atomic E-state index is 9.38. The molecule has 0 heterocycles. The third-order valence-electron chi connectivity index (χ3n) is 1.86. The van der Waals surface area contributed by atoms with Gasteiger partial charge in [0.2, 0.25) is 0 Å². The van der Waals surface area contributed by atoms with Crippen molar-refractivity contribution < 1.29 is 10.2 Å². The minimum atomic E-state index is -1.17. The Labute approximate surface area is 77.7 Å². The van der Waals surface area contributed by atoms with Crippen LogP contribution >= 0.6 is 0 Å². The van der Waals surface area contributed by atoms with Gasteiger partial charge in [-0.05, 0) is 19.8 Å². The van der Waals surface area contributed by atoms with Crippen LogP contribution in [-0.2, 0) is 0 Å². The Balaban J connectivity index is 2.27. The first-order chi connectivity index (χ1) is 6.03. The van der Waals surface area contributed by atoms with Crippen molar-refractivity contribution in [1.29, 1.82) is 0 Å². The van der Waals surface area contributed by atoms with Crippen molar-refractivity contribution in [3.63, 3.8) is 0 Å². The monoisotopic (exact) mass is 187 g/mol. The largest absolute Gasteiger partial charge is 0.393 e. The molecule has 13 heavy (non-hydrogen) atoms. The summed E-state index contributed by atoms with van der Waals surface area (Å²) < 4.78 is 0. The van der Waals surface area contributed by atoms with Crippen LogP contribution in [0.3, 0.4) is 0 Å². The van der Waals surface area contributed by atoms with E-state index in [0.29, 0.717) is 12.0 Å². The molecule has 0 aromatic rings. The number of rotatable bonds is 4. The molecule has 0 aromatic heterocycles. The Bertz CT molecular complexity index is 200. The SMILES string of the molecule is CC(O)(CO)CN=C(N)NC1CC1. The first-order valence-corrected chi connectivity index (χ1v) is 4.43. The highest BCUT2D eigenvalue weighted by Crippen LogP contribution is 2.18. The summed E-state index contributed by atoms with van der Waals surface area (Å²) in [6, 6.07) is 0.461. The van der Waals surface area contributed by atoms with E-state index in [0.717, 1.165) is 12.8 Å². The van der Waals surface area contributed by atoms with E-state index in [1.165, 1.54) is 6.92 Å². The Hall–Kier alpha value is -0.810. The molecule has 5 nitrogen and oxygen atoms in total. The number of guanidine groups is 1. The summed E-state index contributed by atoms with van der Waals surface area (Å²) in [6.45, 7) is 1.32. The number of hydrogen-bond acceptors (Lipinski definition) is 3. The Morgan fingerprint density at radius 3 is 2.77 bits per heavy atom. The van der Waals surface area contributed by atoms with Crippen LogP contribution in [0, 0.1) is 0 Å². The molecule has 1 saturated carbocycles. The van der Waals surface area contributed by atoms with Crippen LogP contribution < -0.4 is 11.1 Å². The predicted octanol–water partition coefficient (Wildman–Crippen LogP) is -1.20. The van der Waals surface area contributed by atoms with E-state index in [9.17, 15) is 5.11 Å². The zero-order valence-electron chi connectivity index (χ0n) is 7.82. The number of nitrogens with two attached hydrogens (primary N) is 1. The first-order valence-electron chi connectivity index (χ1n) is 4.43. The van der Waals surface area contributed by atoms with Crippen molar-refractivity contribution in [2.24, 2.45) is 10.7 Å². The zero-order chi connectivity index (χ0) is 9.90. The fraction of sp³-hybridized carbons (Fsp3) is 0.875. The van der Waals surface area contributed by atoms with Crippen LogP contribution in [0.2, 0.25) is 0 Å². The summed E-state index contributed by atoms with van der Waals surface area (Å²) in [5, 5.41) is 21.1. The van der Waals surface area contributed by atoms with Crippen LogP contribution in [0.25, 0.3) is 0 Å². The Morgan fingerprint density at radius 1 is 1.69 bits per heavy atom. The lowest BCUT2D eigenvalue weighted by Crippen LogP contribution is -2.38. The van der Waals surface area contributed by atoms with Gasteiger partial charge < -0.3 is 21.3 Å². The number of aliphatic hydroxyl groups excluding tert-OH is 1. The van der Waals surface area contributed by atoms with Gasteiger partial charge in [0, 0.05) is 6.04 Å². The van der Waals surface area contributed by atoms with Crippen molar-refractivity contribution >= 4 is 5.96 Å². The molecule has 1 fully saturated rings. The molecular weight excluding hydrogens is 170 g/mol. The number of hydrogen-bond donors (Lipinski definition) is 4. The van der Waals surface area contributed by atoms with E-state index >= 15 is 0 Å². The van der Waals surface area contributed by atoms with E-state index in [2.05, 4.69) is 10.3 Å². The van der Waals surface area contributed by atoms with Gasteiger partial charge in [0.1, 0.15) is 5.60 Å². The van der Waals surface area contributed by atoms with Crippen LogP contribution in [0.1, 0.15) is 19.8 Å². The lowest BCUT2D eigenvalue weighted by Gasteiger charge is -2.17. The smallest absolute Gasteiger partial charge is 0.188 e. The van der Waals surface area contributed by atoms with Gasteiger partial charge in [0.05, 0.1) is 13.2 Å². The van der Waals surface area contributed by atoms with Gasteiger partial charge in [-0.1, -0.05) is 0 Å². The molecule has 5 N–H and O–H groups in total. The molecule has 0 radical (unpaired) electrons. The fourth-order valence-electron chi connectivity index (χ4n) is 0.788. The maximum Gasteiger partial charge on any atom is 0.188 e. The second-order valence-corrected chi connectivity index (χ2v) is 3.78. The van der Waals surface area contributed by atoms with Gasteiger partial charge in [0.15, 0.2) is 5.96 Å². The molecule has 0 bridgehead atoms. The van der Waals surface area contributed by atoms with Crippen LogP contribution in [-0.4, -0.2) is 41.0 Å². The summed E-state index contributed by atoms with van der Waals surface area (Å²) in [5.74, 6) is 0.344. The van der Waals surface area contributed by atoms with Crippen molar-refractivity contribution in [1.82, 2.24) is 5.32 Å². The lowest BCUT2D eigenvalue weighted by molar-refractivity contribution is 0.0101. The molecule has 1 unspecified atom stereocenters. The summed E-state index contributed by atoms with van der Waals surface area (Å²) in [4.78, 5) is 3.92. The highest BCUT2D eigenvalue weighted by Gasteiger charge is 2.22. The summed E-state index contributed by atoms with van der Waals surface area (Å²) in [6.07, 6.45) is 2.26. The van der Waals surface area contributed by atoms with Crippen molar-refractivity contribution in [3.8, 4) is 0 Å². The Morgan fingerprint density at radius 2 is 2.31 bits per heavy atom. The minimum absolute atomic E-state index is 0.120. The predicted molar refractivity (Wildman–Crippen MR) is 50.4 cm³/mol. The normalized spacial score (nSPS) is 22.5. The second-order valence-electron chi connectivity index (χ2n) is 3.78. The highest BCUT2D eigenvalue weighted by molar-refractivity contribution is 5.78. The third kappa shape index (κ3) is 4.10. The van der Waals surface area contributed by atoms with E-state index in [-0.39, 0.29) is 13.2 Å². The lowest BCUT2D eigenvalue weighted by atomic mass is 10.1. The van der Waals surface area contributed by atoms with Gasteiger partial charge in [-0.2, -0.15) is 0 Å². The molecule has 1 aliphatic carbocycles. The first kappa shape index (κ1) is 10.3. The molecule has 1 aliphatic rings. The summed E-state index contributed by atoms with van der Waals surface area (Å²) in [7, 11) is 0. The maximum atomic E-state index is 9.38. The highest BCUT2D eigenvalue weighted by atomic mass is 16.3. The summed E-state index contributed by atoms with van der Waals surface area (Å²) in [5.41, 5.74) is 4.35. The second kappa shape index (κ2) is 3.93. The molecule has 1 atom stereocenters. The van der Waals surface area contributed by atoms with Crippen LogP contribution in [0.4, 0.5) is 0 Å². The molecule has 0 aromatic carbocycles. The molecule has 1 rings (SSSR count). The van der Waals surface area contributed by atoms with E-state index < -0.39 is 5.60 Å². The fourth-order valence-corrected chi connectivity index (χ4v) is 0.788. The minimum Gasteiger partial charge on any atom is -0.393 e. The van der Waals surface area contributed by atoms with Gasteiger partial charge in [0.25, 0.3) is 0 Å². The van der Waals surface area contributed by atoms with Crippen LogP contribution in [0.5, 0.6) is 0 Å². The van der Waals surface area contributed by atoms with Crippen LogP contribution in [0.15, 0.2) is 4.99 Å². The summed E-state index contributed by atoms with van der Waals surface area (Å²) >= 11 is 0. The van der Waals surface area contributed by atoms with Gasteiger partial charge in [-0.3, -0.25) is 4.99 Å². The Kier molecular flexibility index (Phi) is 3.11. The van der Waals surface area contributed by atoms with Crippen molar-refractivity contribution in [3.05, 3.63) is 0 Å². The number of nitrogens with zero attached hydrogens (tertiary/aromatic N) is 1.